The van der Waals surface area contributed by atoms with Crippen LogP contribution in [-0.2, 0) is 17.9 Å². The number of ether oxygens (including phenoxy) is 2. The van der Waals surface area contributed by atoms with E-state index in [9.17, 15) is 9.59 Å². The summed E-state index contributed by atoms with van der Waals surface area (Å²) in [7, 11) is 0. The van der Waals surface area contributed by atoms with Gasteiger partial charge in [0, 0.05) is 16.3 Å². The van der Waals surface area contributed by atoms with E-state index in [4.69, 9.17) is 9.47 Å². The molecular formula is C31H26N6O4. The van der Waals surface area contributed by atoms with Crippen molar-refractivity contribution in [1.82, 2.24) is 30.2 Å². The molecule has 3 heterocycles. The van der Waals surface area contributed by atoms with Crippen LogP contribution in [0, 0.1) is 5.92 Å². The summed E-state index contributed by atoms with van der Waals surface area (Å²) in [5.41, 5.74) is 3.18. The highest BCUT2D eigenvalue weighted by Crippen LogP contribution is 2.23. The fourth-order valence-corrected chi connectivity index (χ4v) is 4.31. The van der Waals surface area contributed by atoms with Gasteiger partial charge in [0.1, 0.15) is 18.1 Å². The number of nitrogens with one attached hydrogen (secondary N) is 1. The fraction of sp³-hybridized carbons (Fsp3) is 0.161. The lowest BCUT2D eigenvalue weighted by Crippen LogP contribution is -2.15. The minimum Gasteiger partial charge on any atom is -0.487 e. The van der Waals surface area contributed by atoms with E-state index in [0.29, 0.717) is 35.6 Å². The molecule has 0 aliphatic rings. The van der Waals surface area contributed by atoms with Gasteiger partial charge < -0.3 is 14.5 Å². The van der Waals surface area contributed by atoms with Crippen LogP contribution in [0.4, 0.5) is 0 Å². The molecule has 0 radical (unpaired) electrons. The van der Waals surface area contributed by atoms with Gasteiger partial charge in [0.2, 0.25) is 5.82 Å². The molecule has 1 N–H and O–H groups in total. The lowest BCUT2D eigenvalue weighted by Gasteiger charge is -2.08. The van der Waals surface area contributed by atoms with E-state index in [0.717, 1.165) is 22.2 Å². The zero-order valence-electron chi connectivity index (χ0n) is 22.4. The number of aromatic amines is 1. The molecule has 0 aliphatic carbocycles. The smallest absolute Gasteiger partial charge is 0.313 e. The van der Waals surface area contributed by atoms with Crippen LogP contribution in [0.25, 0.3) is 33.2 Å². The number of carbonyl (C=O) groups excluding carboxylic acids is 1. The molecule has 3 aromatic carbocycles. The second-order valence-corrected chi connectivity index (χ2v) is 9.91. The Balaban J connectivity index is 1.17. The first-order valence-electron chi connectivity index (χ1n) is 13.1. The molecule has 0 spiro atoms. The second-order valence-electron chi connectivity index (χ2n) is 9.91. The van der Waals surface area contributed by atoms with Crippen LogP contribution in [-0.4, -0.2) is 36.1 Å². The molecule has 0 bridgehead atoms. The van der Waals surface area contributed by atoms with Crippen molar-refractivity contribution in [2.45, 2.75) is 27.0 Å². The third kappa shape index (κ3) is 5.81. The Morgan fingerprint density at radius 1 is 0.927 bits per heavy atom. The molecule has 6 aromatic rings. The maximum absolute atomic E-state index is 12.8. The van der Waals surface area contributed by atoms with Crippen molar-refractivity contribution in [3.8, 4) is 22.9 Å². The summed E-state index contributed by atoms with van der Waals surface area (Å²) in [6.45, 7) is 4.20. The summed E-state index contributed by atoms with van der Waals surface area (Å²) >= 11 is 0. The van der Waals surface area contributed by atoms with E-state index >= 15 is 0 Å². The Labute approximate surface area is 234 Å². The van der Waals surface area contributed by atoms with E-state index in [-0.39, 0.29) is 28.8 Å². The number of benzene rings is 3. The Morgan fingerprint density at radius 3 is 2.68 bits per heavy atom. The Morgan fingerprint density at radius 2 is 1.80 bits per heavy atom. The average molecular weight is 547 g/mol. The summed E-state index contributed by atoms with van der Waals surface area (Å²) in [6, 6.07) is 26.3. The number of tetrazole rings is 1. The van der Waals surface area contributed by atoms with E-state index in [1.807, 2.05) is 60.7 Å². The largest absolute Gasteiger partial charge is 0.487 e. The van der Waals surface area contributed by atoms with Gasteiger partial charge in [0.25, 0.3) is 5.56 Å². The van der Waals surface area contributed by atoms with Crippen molar-refractivity contribution in [1.29, 1.82) is 0 Å². The van der Waals surface area contributed by atoms with Gasteiger partial charge in [-0.15, -0.1) is 10.2 Å². The van der Waals surface area contributed by atoms with Crippen molar-refractivity contribution in [3.05, 3.63) is 107 Å². The highest BCUT2D eigenvalue weighted by molar-refractivity contribution is 5.85. The first-order chi connectivity index (χ1) is 19.9. The summed E-state index contributed by atoms with van der Waals surface area (Å²) in [5, 5.41) is 14.4. The van der Waals surface area contributed by atoms with Crippen molar-refractivity contribution in [2.24, 2.45) is 5.92 Å². The topological polar surface area (TPSA) is 125 Å². The van der Waals surface area contributed by atoms with Gasteiger partial charge in [-0.2, -0.15) is 4.80 Å². The molecule has 10 heteroatoms. The van der Waals surface area contributed by atoms with Gasteiger partial charge in [-0.25, -0.2) is 4.98 Å². The number of carbonyl (C=O) groups is 1. The number of nitrogens with zero attached hydrogens (tertiary/aromatic N) is 5. The van der Waals surface area contributed by atoms with Gasteiger partial charge in [-0.3, -0.25) is 9.59 Å². The summed E-state index contributed by atoms with van der Waals surface area (Å²) in [4.78, 5) is 33.7. The summed E-state index contributed by atoms with van der Waals surface area (Å²) in [6.07, 6.45) is 0. The Hall–Kier alpha value is -5.38. The highest BCUT2D eigenvalue weighted by Gasteiger charge is 2.14. The van der Waals surface area contributed by atoms with Crippen LogP contribution in [0.5, 0.6) is 11.5 Å². The summed E-state index contributed by atoms with van der Waals surface area (Å²) in [5.74, 6) is 0.679. The number of hydrogen-bond donors (Lipinski definition) is 1. The molecule has 0 saturated heterocycles. The number of rotatable bonds is 8. The van der Waals surface area contributed by atoms with Crippen LogP contribution in [0.1, 0.15) is 25.1 Å². The predicted octanol–water partition coefficient (Wildman–Crippen LogP) is 4.92. The maximum Gasteiger partial charge on any atom is 0.313 e. The van der Waals surface area contributed by atoms with Crippen LogP contribution in [0.15, 0.2) is 89.7 Å². The van der Waals surface area contributed by atoms with E-state index in [1.165, 1.54) is 4.80 Å². The first kappa shape index (κ1) is 25.9. The standard InChI is InChI=1S/C31H26N6O4/c1-19(2)31(39)41-25-12-13-28-22(15-25)16-26(30(38)33-28)29-34-36-37(35-29)17-20-6-5-8-24(14-20)40-18-23-11-10-21-7-3-4-9-27(21)32-23/h3-16,19H,17-18H2,1-2H3,(H,33,38). The predicted molar refractivity (Wildman–Crippen MR) is 153 cm³/mol. The lowest BCUT2D eigenvalue weighted by atomic mass is 10.1. The molecule has 204 valence electrons. The highest BCUT2D eigenvalue weighted by atomic mass is 16.5. The Kier molecular flexibility index (Phi) is 6.95. The Bertz CT molecular complexity index is 1950. The number of para-hydroxylation sites is 1. The fourth-order valence-electron chi connectivity index (χ4n) is 4.31. The normalized spacial score (nSPS) is 11.3. The van der Waals surface area contributed by atoms with Crippen LogP contribution < -0.4 is 15.0 Å². The third-order valence-electron chi connectivity index (χ3n) is 6.46. The third-order valence-corrected chi connectivity index (χ3v) is 6.46. The number of pyridine rings is 2. The molecule has 0 fully saturated rings. The quantitative estimate of drug-likeness (QED) is 0.211. The van der Waals surface area contributed by atoms with Crippen molar-refractivity contribution in [3.63, 3.8) is 0 Å². The number of fused-ring (bicyclic) bond motifs is 2. The second kappa shape index (κ2) is 11.0. The summed E-state index contributed by atoms with van der Waals surface area (Å²) < 4.78 is 11.4. The molecule has 3 aromatic heterocycles. The molecule has 0 amide bonds. The molecule has 0 unspecified atom stereocenters. The monoisotopic (exact) mass is 546 g/mol. The maximum atomic E-state index is 12.8. The first-order valence-corrected chi connectivity index (χ1v) is 13.1. The van der Waals surface area contributed by atoms with Crippen molar-refractivity contribution >= 4 is 27.8 Å². The average Bonchev–Trinajstić information content (AvgIpc) is 3.44. The molecule has 0 atom stereocenters. The van der Waals surface area contributed by atoms with Crippen LogP contribution in [0.2, 0.25) is 0 Å². The van der Waals surface area contributed by atoms with Crippen LogP contribution in [0.3, 0.4) is 0 Å². The lowest BCUT2D eigenvalue weighted by molar-refractivity contribution is -0.137. The molecule has 10 nitrogen and oxygen atoms in total. The van der Waals surface area contributed by atoms with Crippen molar-refractivity contribution < 1.29 is 14.3 Å². The molecule has 6 rings (SSSR count). The molecular weight excluding hydrogens is 520 g/mol. The van der Waals surface area contributed by atoms with Gasteiger partial charge >= 0.3 is 5.97 Å². The van der Waals surface area contributed by atoms with E-state index in [2.05, 4.69) is 25.4 Å². The van der Waals surface area contributed by atoms with Gasteiger partial charge in [-0.1, -0.05) is 50.2 Å². The number of aromatic nitrogens is 6. The van der Waals surface area contributed by atoms with E-state index in [1.54, 1.807) is 38.1 Å². The molecule has 41 heavy (non-hydrogen) atoms. The minimum atomic E-state index is -0.346. The number of hydrogen-bond acceptors (Lipinski definition) is 8. The number of H-pyrrole nitrogens is 1. The van der Waals surface area contributed by atoms with Crippen LogP contribution >= 0.6 is 0 Å². The van der Waals surface area contributed by atoms with Gasteiger partial charge in [-0.05, 0) is 59.3 Å². The molecule has 0 aliphatic heterocycles. The molecule has 0 saturated carbocycles. The minimum absolute atomic E-state index is 0.188. The SMILES string of the molecule is CC(C)C(=O)Oc1ccc2[nH]c(=O)c(-c3nnn(Cc4cccc(OCc5ccc6ccccc6n5)c4)n3)cc2c1. The van der Waals surface area contributed by atoms with Crippen molar-refractivity contribution in [2.75, 3.05) is 0 Å². The zero-order chi connectivity index (χ0) is 28.3. The van der Waals surface area contributed by atoms with Gasteiger partial charge in [0.15, 0.2) is 0 Å². The number of esters is 1. The van der Waals surface area contributed by atoms with Gasteiger partial charge in [0.05, 0.1) is 29.2 Å². The zero-order valence-corrected chi connectivity index (χ0v) is 22.4. The van der Waals surface area contributed by atoms with E-state index < -0.39 is 0 Å².